The van der Waals surface area contributed by atoms with Gasteiger partial charge in [0.25, 0.3) is 0 Å². The van der Waals surface area contributed by atoms with E-state index in [9.17, 15) is 9.59 Å². The van der Waals surface area contributed by atoms with E-state index < -0.39 is 11.8 Å². The number of carbonyl (C=O) groups excluding carboxylic acids is 2. The van der Waals surface area contributed by atoms with E-state index in [4.69, 9.17) is 11.6 Å². The van der Waals surface area contributed by atoms with E-state index in [0.717, 1.165) is 5.69 Å². The fourth-order valence-corrected chi connectivity index (χ4v) is 2.10. The summed E-state index contributed by atoms with van der Waals surface area (Å²) in [5, 5.41) is 8.80. The Morgan fingerprint density at radius 2 is 1.61 bits per heavy atom. The lowest BCUT2D eigenvalue weighted by Crippen LogP contribution is -2.36. The Hall–Kier alpha value is -2.53. The van der Waals surface area contributed by atoms with E-state index in [0.29, 0.717) is 30.2 Å². The van der Waals surface area contributed by atoms with Crippen molar-refractivity contribution < 1.29 is 9.59 Å². The molecule has 0 saturated heterocycles. The predicted molar refractivity (Wildman–Crippen MR) is 92.6 cm³/mol. The van der Waals surface area contributed by atoms with Gasteiger partial charge < -0.3 is 16.0 Å². The van der Waals surface area contributed by atoms with Crippen LogP contribution in [0.5, 0.6) is 0 Å². The van der Waals surface area contributed by atoms with Crippen LogP contribution in [0.4, 0.5) is 11.4 Å². The van der Waals surface area contributed by atoms with Crippen molar-refractivity contribution in [3.8, 4) is 0 Å². The Morgan fingerprint density at radius 3 is 2.35 bits per heavy atom. The SMILES string of the molecule is O=C(NCCCNc1ccccc1)C(=O)Nc1cccc(Cl)c1. The number of amides is 2. The highest BCUT2D eigenvalue weighted by Crippen LogP contribution is 2.14. The molecule has 0 spiro atoms. The van der Waals surface area contributed by atoms with Gasteiger partial charge in [0.05, 0.1) is 0 Å². The molecular weight excluding hydrogens is 314 g/mol. The summed E-state index contributed by atoms with van der Waals surface area (Å²) in [5.74, 6) is -1.37. The van der Waals surface area contributed by atoms with E-state index in [-0.39, 0.29) is 0 Å². The Labute approximate surface area is 140 Å². The number of hydrogen-bond acceptors (Lipinski definition) is 3. The van der Waals surface area contributed by atoms with Gasteiger partial charge in [-0.2, -0.15) is 0 Å². The number of benzene rings is 2. The van der Waals surface area contributed by atoms with Gasteiger partial charge in [-0.25, -0.2) is 0 Å². The second-order valence-corrected chi connectivity index (χ2v) is 5.30. The minimum atomic E-state index is -0.705. The molecule has 5 nitrogen and oxygen atoms in total. The summed E-state index contributed by atoms with van der Waals surface area (Å²) in [4.78, 5) is 23.4. The van der Waals surface area contributed by atoms with Crippen LogP contribution in [0.15, 0.2) is 54.6 Å². The molecule has 0 radical (unpaired) electrons. The summed E-state index contributed by atoms with van der Waals surface area (Å²) >= 11 is 5.82. The lowest BCUT2D eigenvalue weighted by Gasteiger charge is -2.08. The molecule has 0 saturated carbocycles. The second-order valence-electron chi connectivity index (χ2n) is 4.87. The van der Waals surface area contributed by atoms with Crippen LogP contribution in [0.25, 0.3) is 0 Å². The lowest BCUT2D eigenvalue weighted by molar-refractivity contribution is -0.136. The molecule has 0 atom stereocenters. The third kappa shape index (κ3) is 6.00. The van der Waals surface area contributed by atoms with Gasteiger partial charge in [-0.15, -0.1) is 0 Å². The Balaban J connectivity index is 1.65. The average Bonchev–Trinajstić information content (AvgIpc) is 2.55. The third-order valence-electron chi connectivity index (χ3n) is 3.03. The molecule has 0 unspecified atom stereocenters. The van der Waals surface area contributed by atoms with E-state index in [1.54, 1.807) is 24.3 Å². The highest BCUT2D eigenvalue weighted by molar-refractivity contribution is 6.39. The number of carbonyl (C=O) groups is 2. The molecule has 0 fully saturated rings. The molecule has 3 N–H and O–H groups in total. The van der Waals surface area contributed by atoms with Crippen LogP contribution in [0, 0.1) is 0 Å². The second kappa shape index (κ2) is 8.80. The topological polar surface area (TPSA) is 70.2 Å². The first kappa shape index (κ1) is 16.8. The molecule has 0 bridgehead atoms. The highest BCUT2D eigenvalue weighted by Gasteiger charge is 2.12. The van der Waals surface area contributed by atoms with E-state index in [1.165, 1.54) is 0 Å². The molecule has 2 aromatic carbocycles. The van der Waals surface area contributed by atoms with Gasteiger partial charge in [-0.1, -0.05) is 35.9 Å². The van der Waals surface area contributed by atoms with Gasteiger partial charge in [0, 0.05) is 29.5 Å². The van der Waals surface area contributed by atoms with E-state index in [1.807, 2.05) is 30.3 Å². The van der Waals surface area contributed by atoms with Crippen molar-refractivity contribution in [2.45, 2.75) is 6.42 Å². The van der Waals surface area contributed by atoms with Crippen LogP contribution in [0.3, 0.4) is 0 Å². The van der Waals surface area contributed by atoms with Gasteiger partial charge in [0.15, 0.2) is 0 Å². The molecule has 2 aromatic rings. The third-order valence-corrected chi connectivity index (χ3v) is 3.27. The Bertz CT molecular complexity index is 662. The monoisotopic (exact) mass is 331 g/mol. The molecule has 0 aliphatic carbocycles. The van der Waals surface area contributed by atoms with Crippen LogP contribution >= 0.6 is 11.6 Å². The van der Waals surface area contributed by atoms with Crippen LogP contribution in [-0.4, -0.2) is 24.9 Å². The number of hydrogen-bond donors (Lipinski definition) is 3. The van der Waals surface area contributed by atoms with Gasteiger partial charge >= 0.3 is 11.8 Å². The fraction of sp³-hybridized carbons (Fsp3) is 0.176. The summed E-state index contributed by atoms with van der Waals surface area (Å²) in [5.41, 5.74) is 1.51. The van der Waals surface area contributed by atoms with Crippen LogP contribution in [0.2, 0.25) is 5.02 Å². The van der Waals surface area contributed by atoms with Gasteiger partial charge in [-0.3, -0.25) is 9.59 Å². The van der Waals surface area contributed by atoms with Crippen molar-refractivity contribution in [1.29, 1.82) is 0 Å². The molecule has 2 rings (SSSR count). The maximum Gasteiger partial charge on any atom is 0.313 e. The van der Waals surface area contributed by atoms with Crippen molar-refractivity contribution in [3.05, 3.63) is 59.6 Å². The molecule has 2 amide bonds. The summed E-state index contributed by atoms with van der Waals surface area (Å²) in [7, 11) is 0. The standard InChI is InChI=1S/C17H18ClN3O2/c18-13-6-4-9-15(12-13)21-17(23)16(22)20-11-5-10-19-14-7-2-1-3-8-14/h1-4,6-9,12,19H,5,10-11H2,(H,20,22)(H,21,23). The van der Waals surface area contributed by atoms with Crippen LogP contribution in [-0.2, 0) is 9.59 Å². The Kier molecular flexibility index (Phi) is 6.44. The molecular formula is C17H18ClN3O2. The molecule has 6 heteroatoms. The summed E-state index contributed by atoms with van der Waals surface area (Å²) in [6, 6.07) is 16.4. The first-order valence-electron chi connectivity index (χ1n) is 7.29. The molecule has 0 aliphatic rings. The smallest absolute Gasteiger partial charge is 0.313 e. The molecule has 0 aliphatic heterocycles. The summed E-state index contributed by atoms with van der Waals surface area (Å²) < 4.78 is 0. The van der Waals surface area contributed by atoms with Crippen molar-refractivity contribution in [2.75, 3.05) is 23.7 Å². The largest absolute Gasteiger partial charge is 0.385 e. The molecule has 0 heterocycles. The zero-order chi connectivity index (χ0) is 16.5. The number of rotatable bonds is 6. The summed E-state index contributed by atoms with van der Waals surface area (Å²) in [6.45, 7) is 1.13. The van der Waals surface area contributed by atoms with E-state index in [2.05, 4.69) is 16.0 Å². The van der Waals surface area contributed by atoms with Crippen molar-refractivity contribution >= 4 is 34.8 Å². The van der Waals surface area contributed by atoms with Gasteiger partial charge in [-0.05, 0) is 36.8 Å². The van der Waals surface area contributed by atoms with Gasteiger partial charge in [0.1, 0.15) is 0 Å². The Morgan fingerprint density at radius 1 is 0.870 bits per heavy atom. The molecule has 120 valence electrons. The minimum absolute atomic E-state index is 0.418. The zero-order valence-electron chi connectivity index (χ0n) is 12.5. The quantitative estimate of drug-likeness (QED) is 0.563. The normalized spacial score (nSPS) is 9.96. The molecule has 23 heavy (non-hydrogen) atoms. The highest BCUT2D eigenvalue weighted by atomic mass is 35.5. The summed E-state index contributed by atoms with van der Waals surface area (Å²) in [6.07, 6.45) is 0.713. The first-order chi connectivity index (χ1) is 11.1. The maximum atomic E-state index is 11.7. The average molecular weight is 332 g/mol. The van der Waals surface area contributed by atoms with E-state index >= 15 is 0 Å². The number of nitrogens with one attached hydrogen (secondary N) is 3. The minimum Gasteiger partial charge on any atom is -0.385 e. The van der Waals surface area contributed by atoms with Gasteiger partial charge in [0.2, 0.25) is 0 Å². The van der Waals surface area contributed by atoms with Crippen molar-refractivity contribution in [1.82, 2.24) is 5.32 Å². The lowest BCUT2D eigenvalue weighted by atomic mass is 10.3. The zero-order valence-corrected chi connectivity index (χ0v) is 13.3. The van der Waals surface area contributed by atoms with Crippen molar-refractivity contribution in [2.24, 2.45) is 0 Å². The maximum absolute atomic E-state index is 11.7. The number of halogens is 1. The molecule has 0 aromatic heterocycles. The fourth-order valence-electron chi connectivity index (χ4n) is 1.91. The van der Waals surface area contributed by atoms with Crippen LogP contribution in [0.1, 0.15) is 6.42 Å². The van der Waals surface area contributed by atoms with Crippen molar-refractivity contribution in [3.63, 3.8) is 0 Å². The first-order valence-corrected chi connectivity index (χ1v) is 7.66. The number of para-hydroxylation sites is 1. The van der Waals surface area contributed by atoms with Crippen LogP contribution < -0.4 is 16.0 Å². The predicted octanol–water partition coefficient (Wildman–Crippen LogP) is 2.90. The number of anilines is 2.